The van der Waals surface area contributed by atoms with Gasteiger partial charge in [-0.2, -0.15) is 0 Å². The quantitative estimate of drug-likeness (QED) is 0.837. The summed E-state index contributed by atoms with van der Waals surface area (Å²) in [5.74, 6) is 0.0499. The van der Waals surface area contributed by atoms with Gasteiger partial charge in [0.2, 0.25) is 5.91 Å². The second-order valence-corrected chi connectivity index (χ2v) is 6.80. The molecule has 2 aliphatic heterocycles. The Labute approximate surface area is 142 Å². The highest BCUT2D eigenvalue weighted by Gasteiger charge is 2.28. The zero-order valence-corrected chi connectivity index (χ0v) is 14.0. The minimum Gasteiger partial charge on any atom is -0.392 e. The van der Waals surface area contributed by atoms with Gasteiger partial charge in [0.05, 0.1) is 12.6 Å². The summed E-state index contributed by atoms with van der Waals surface area (Å²) >= 11 is 0. The topological polar surface area (TPSA) is 55.8 Å². The van der Waals surface area contributed by atoms with Crippen molar-refractivity contribution in [2.75, 3.05) is 39.3 Å². The maximum atomic E-state index is 13.7. The Morgan fingerprint density at radius 1 is 1.25 bits per heavy atom. The normalized spacial score (nSPS) is 21.9. The number of carbonyl (C=O) groups is 1. The van der Waals surface area contributed by atoms with Crippen LogP contribution in [0.1, 0.15) is 18.4 Å². The summed E-state index contributed by atoms with van der Waals surface area (Å²) < 4.78 is 13.7. The van der Waals surface area contributed by atoms with E-state index in [1.54, 1.807) is 23.1 Å². The number of nitrogens with zero attached hydrogens (tertiary/aromatic N) is 2. The molecule has 1 aromatic rings. The zero-order chi connectivity index (χ0) is 16.9. The van der Waals surface area contributed by atoms with Gasteiger partial charge in [0.25, 0.3) is 0 Å². The summed E-state index contributed by atoms with van der Waals surface area (Å²) in [7, 11) is 0. The van der Waals surface area contributed by atoms with E-state index in [2.05, 4.69) is 5.32 Å². The van der Waals surface area contributed by atoms with Gasteiger partial charge < -0.3 is 15.3 Å². The number of β-amino-alcohol motifs (C(OH)–C–C–N with tert-alkyl or cyclic N) is 1. The fraction of sp³-hybridized carbons (Fsp3) is 0.611. The molecular formula is C18H26FN3O2. The second-order valence-electron chi connectivity index (χ2n) is 6.80. The van der Waals surface area contributed by atoms with Crippen LogP contribution in [0.4, 0.5) is 4.39 Å². The van der Waals surface area contributed by atoms with E-state index in [1.165, 1.54) is 6.07 Å². The van der Waals surface area contributed by atoms with Gasteiger partial charge in [-0.05, 0) is 37.9 Å². The van der Waals surface area contributed by atoms with Crippen molar-refractivity contribution in [3.05, 3.63) is 35.6 Å². The molecule has 2 saturated heterocycles. The molecular weight excluding hydrogens is 309 g/mol. The van der Waals surface area contributed by atoms with Crippen molar-refractivity contribution in [1.29, 1.82) is 0 Å². The molecule has 24 heavy (non-hydrogen) atoms. The van der Waals surface area contributed by atoms with Crippen molar-refractivity contribution in [2.24, 2.45) is 5.92 Å². The SMILES string of the molecule is O=C1CN(CC(O)C2CCNCC2)CCN1Cc1ccccc1F. The van der Waals surface area contributed by atoms with Gasteiger partial charge in [-0.1, -0.05) is 18.2 Å². The van der Waals surface area contributed by atoms with Crippen LogP contribution in [-0.2, 0) is 11.3 Å². The average molecular weight is 335 g/mol. The Balaban J connectivity index is 1.50. The second kappa shape index (κ2) is 8.05. The van der Waals surface area contributed by atoms with Gasteiger partial charge in [0, 0.05) is 31.7 Å². The summed E-state index contributed by atoms with van der Waals surface area (Å²) in [5.41, 5.74) is 0.550. The van der Waals surface area contributed by atoms with E-state index in [0.29, 0.717) is 37.7 Å². The molecule has 6 heteroatoms. The van der Waals surface area contributed by atoms with E-state index in [-0.39, 0.29) is 17.8 Å². The van der Waals surface area contributed by atoms with Crippen molar-refractivity contribution in [3.63, 3.8) is 0 Å². The standard InChI is InChI=1S/C18H26FN3O2/c19-16-4-2-1-3-15(16)11-22-10-9-21(13-18(22)24)12-17(23)14-5-7-20-8-6-14/h1-4,14,17,20,23H,5-13H2. The van der Waals surface area contributed by atoms with Crippen LogP contribution in [-0.4, -0.2) is 66.2 Å². The Morgan fingerprint density at radius 2 is 2.00 bits per heavy atom. The lowest BCUT2D eigenvalue weighted by Gasteiger charge is -2.37. The molecule has 0 radical (unpaired) electrons. The maximum Gasteiger partial charge on any atom is 0.237 e. The van der Waals surface area contributed by atoms with Gasteiger partial charge in [-0.3, -0.25) is 9.69 Å². The third-order valence-corrected chi connectivity index (χ3v) is 5.09. The highest BCUT2D eigenvalue weighted by molar-refractivity contribution is 5.79. The van der Waals surface area contributed by atoms with Crippen LogP contribution in [0.5, 0.6) is 0 Å². The Kier molecular flexibility index (Phi) is 5.81. The molecule has 5 nitrogen and oxygen atoms in total. The highest BCUT2D eigenvalue weighted by atomic mass is 19.1. The molecule has 2 heterocycles. The molecule has 2 N–H and O–H groups in total. The minimum atomic E-state index is -0.377. The molecule has 1 aromatic carbocycles. The van der Waals surface area contributed by atoms with Gasteiger partial charge in [0.1, 0.15) is 5.82 Å². The number of piperidine rings is 1. The van der Waals surface area contributed by atoms with Gasteiger partial charge in [-0.15, -0.1) is 0 Å². The minimum absolute atomic E-state index is 0.00186. The molecule has 2 aliphatic rings. The van der Waals surface area contributed by atoms with Crippen LogP contribution in [0.3, 0.4) is 0 Å². The van der Waals surface area contributed by atoms with Crippen molar-refractivity contribution in [2.45, 2.75) is 25.5 Å². The van der Waals surface area contributed by atoms with Crippen molar-refractivity contribution in [3.8, 4) is 0 Å². The molecule has 0 saturated carbocycles. The lowest BCUT2D eigenvalue weighted by Crippen LogP contribution is -2.52. The van der Waals surface area contributed by atoms with Crippen LogP contribution >= 0.6 is 0 Å². The highest BCUT2D eigenvalue weighted by Crippen LogP contribution is 2.18. The first-order valence-corrected chi connectivity index (χ1v) is 8.76. The lowest BCUT2D eigenvalue weighted by molar-refractivity contribution is -0.137. The molecule has 132 valence electrons. The molecule has 0 spiro atoms. The predicted octanol–water partition coefficient (Wildman–Crippen LogP) is 0.830. The van der Waals surface area contributed by atoms with E-state index >= 15 is 0 Å². The van der Waals surface area contributed by atoms with Crippen LogP contribution < -0.4 is 5.32 Å². The van der Waals surface area contributed by atoms with Crippen LogP contribution in [0, 0.1) is 11.7 Å². The van der Waals surface area contributed by atoms with Crippen molar-refractivity contribution in [1.82, 2.24) is 15.1 Å². The molecule has 0 aromatic heterocycles. The van der Waals surface area contributed by atoms with E-state index in [1.807, 2.05) is 4.90 Å². The number of hydrogen-bond acceptors (Lipinski definition) is 4. The molecule has 1 atom stereocenters. The number of carbonyl (C=O) groups excluding carboxylic acids is 1. The monoisotopic (exact) mass is 335 g/mol. The third-order valence-electron chi connectivity index (χ3n) is 5.09. The van der Waals surface area contributed by atoms with E-state index in [9.17, 15) is 14.3 Å². The first kappa shape index (κ1) is 17.3. The largest absolute Gasteiger partial charge is 0.392 e. The summed E-state index contributed by atoms with van der Waals surface area (Å²) in [6.45, 7) is 4.37. The summed E-state index contributed by atoms with van der Waals surface area (Å²) in [4.78, 5) is 16.1. The van der Waals surface area contributed by atoms with Crippen molar-refractivity contribution >= 4 is 5.91 Å². The lowest BCUT2D eigenvalue weighted by atomic mass is 9.92. The van der Waals surface area contributed by atoms with Crippen molar-refractivity contribution < 1.29 is 14.3 Å². The molecule has 1 amide bonds. The van der Waals surface area contributed by atoms with Gasteiger partial charge in [-0.25, -0.2) is 4.39 Å². The molecule has 1 unspecified atom stereocenters. The summed E-state index contributed by atoms with van der Waals surface area (Å²) in [6.07, 6.45) is 1.60. The van der Waals surface area contributed by atoms with Gasteiger partial charge in [0.15, 0.2) is 0 Å². The zero-order valence-electron chi connectivity index (χ0n) is 14.0. The van der Waals surface area contributed by atoms with Crippen LogP contribution in [0.15, 0.2) is 24.3 Å². The number of hydrogen-bond donors (Lipinski definition) is 2. The molecule has 0 aliphatic carbocycles. The fourth-order valence-electron chi connectivity index (χ4n) is 3.56. The van der Waals surface area contributed by atoms with Gasteiger partial charge >= 0.3 is 0 Å². The average Bonchev–Trinajstić information content (AvgIpc) is 2.60. The number of aliphatic hydroxyl groups excluding tert-OH is 1. The summed E-state index contributed by atoms with van der Waals surface area (Å²) in [5, 5.41) is 13.7. The number of benzene rings is 1. The number of halogens is 1. The summed E-state index contributed by atoms with van der Waals surface area (Å²) in [6, 6.07) is 6.58. The Bertz CT molecular complexity index is 563. The molecule has 2 fully saturated rings. The van der Waals surface area contributed by atoms with Crippen LogP contribution in [0.2, 0.25) is 0 Å². The molecule has 0 bridgehead atoms. The number of nitrogens with one attached hydrogen (secondary N) is 1. The maximum absolute atomic E-state index is 13.7. The van der Waals surface area contributed by atoms with E-state index in [4.69, 9.17) is 0 Å². The van der Waals surface area contributed by atoms with E-state index < -0.39 is 0 Å². The number of amides is 1. The fourth-order valence-corrected chi connectivity index (χ4v) is 3.56. The first-order valence-electron chi connectivity index (χ1n) is 8.76. The van der Waals surface area contributed by atoms with E-state index in [0.717, 1.165) is 32.5 Å². The molecule has 3 rings (SSSR count). The first-order chi connectivity index (χ1) is 11.6. The van der Waals surface area contributed by atoms with Crippen LogP contribution in [0.25, 0.3) is 0 Å². The number of piperazine rings is 1. The Hall–Kier alpha value is -1.50. The smallest absolute Gasteiger partial charge is 0.237 e. The predicted molar refractivity (Wildman–Crippen MR) is 89.9 cm³/mol. The number of rotatable bonds is 5. The Morgan fingerprint density at radius 3 is 2.71 bits per heavy atom. The third kappa shape index (κ3) is 4.32. The number of aliphatic hydroxyl groups is 1.